The minimum Gasteiger partial charge on any atom is -0.275 e. The van der Waals surface area contributed by atoms with Gasteiger partial charge in [-0.05, 0) is 35.9 Å². The summed E-state index contributed by atoms with van der Waals surface area (Å²) >= 11 is 1.61. The van der Waals surface area contributed by atoms with E-state index in [0.29, 0.717) is 18.1 Å². The van der Waals surface area contributed by atoms with Crippen LogP contribution in [-0.2, 0) is 6.54 Å². The topological polar surface area (TPSA) is 76.8 Å². The maximum atomic E-state index is 12.7. The van der Waals surface area contributed by atoms with Crippen LogP contribution >= 0.6 is 11.3 Å². The van der Waals surface area contributed by atoms with Gasteiger partial charge >= 0.3 is 0 Å². The molecule has 0 radical (unpaired) electrons. The molecule has 1 aliphatic rings. The summed E-state index contributed by atoms with van der Waals surface area (Å²) in [6.45, 7) is 3.35. The van der Waals surface area contributed by atoms with Crippen molar-refractivity contribution in [3.8, 4) is 11.3 Å². The number of aryl methyl sites for hydroxylation is 2. The van der Waals surface area contributed by atoms with Gasteiger partial charge in [-0.2, -0.15) is 0 Å². The van der Waals surface area contributed by atoms with Crippen LogP contribution < -0.4 is 4.90 Å². The number of nitrogens with zero attached hydrogens (tertiary/aromatic N) is 6. The largest absolute Gasteiger partial charge is 0.275 e. The van der Waals surface area contributed by atoms with Gasteiger partial charge in [-0.3, -0.25) is 9.69 Å². The molecule has 3 heterocycles. The van der Waals surface area contributed by atoms with Crippen molar-refractivity contribution < 1.29 is 4.79 Å². The zero-order valence-electron chi connectivity index (χ0n) is 12.5. The van der Waals surface area contributed by atoms with Gasteiger partial charge in [-0.15, -0.1) is 11.3 Å². The summed E-state index contributed by atoms with van der Waals surface area (Å²) in [5, 5.41) is 14.5. The number of aromatic nitrogens is 5. The molecule has 2 aromatic heterocycles. The Morgan fingerprint density at radius 2 is 2.04 bits per heavy atom. The Morgan fingerprint density at radius 1 is 1.22 bits per heavy atom. The zero-order valence-corrected chi connectivity index (χ0v) is 13.3. The molecule has 0 N–H and O–H groups in total. The van der Waals surface area contributed by atoms with Crippen molar-refractivity contribution in [1.29, 1.82) is 0 Å². The molecule has 116 valence electrons. The number of carbonyl (C=O) groups is 1. The Bertz CT molecular complexity index is 853. The van der Waals surface area contributed by atoms with Gasteiger partial charge in [-0.1, -0.05) is 17.2 Å². The first-order valence-electron chi connectivity index (χ1n) is 7.33. The fourth-order valence-corrected chi connectivity index (χ4v) is 3.27. The van der Waals surface area contributed by atoms with E-state index in [0.717, 1.165) is 29.2 Å². The fraction of sp³-hybridized carbons (Fsp3) is 0.267. The molecule has 0 spiro atoms. The zero-order chi connectivity index (χ0) is 15.8. The van der Waals surface area contributed by atoms with Crippen molar-refractivity contribution in [2.45, 2.75) is 19.9 Å². The fourth-order valence-electron chi connectivity index (χ4n) is 2.64. The summed E-state index contributed by atoms with van der Waals surface area (Å²) in [4.78, 5) is 18.8. The molecule has 4 rings (SSSR count). The lowest BCUT2D eigenvalue weighted by molar-refractivity contribution is 0.0980. The molecule has 0 saturated heterocycles. The lowest BCUT2D eigenvalue weighted by atomic mass is 10.1. The number of hydrogen-bond donors (Lipinski definition) is 0. The van der Waals surface area contributed by atoms with Crippen molar-refractivity contribution in [3.63, 3.8) is 0 Å². The second-order valence-corrected chi connectivity index (χ2v) is 6.40. The molecule has 1 amide bonds. The second kappa shape index (κ2) is 5.54. The Labute approximate surface area is 136 Å². The highest BCUT2D eigenvalue weighted by Gasteiger charge is 2.26. The van der Waals surface area contributed by atoms with Crippen LogP contribution in [0.3, 0.4) is 0 Å². The van der Waals surface area contributed by atoms with E-state index in [1.807, 2.05) is 36.6 Å². The van der Waals surface area contributed by atoms with E-state index in [4.69, 9.17) is 0 Å². The van der Waals surface area contributed by atoms with Crippen LogP contribution in [0.25, 0.3) is 11.3 Å². The van der Waals surface area contributed by atoms with Crippen molar-refractivity contribution >= 4 is 23.2 Å². The summed E-state index contributed by atoms with van der Waals surface area (Å²) in [6.07, 6.45) is 0.847. The first-order chi connectivity index (χ1) is 11.2. The van der Waals surface area contributed by atoms with E-state index in [9.17, 15) is 4.79 Å². The van der Waals surface area contributed by atoms with Crippen LogP contribution in [-0.4, -0.2) is 37.6 Å². The van der Waals surface area contributed by atoms with Crippen LogP contribution in [0.1, 0.15) is 21.8 Å². The molecule has 0 aliphatic carbocycles. The Balaban J connectivity index is 1.60. The highest BCUT2D eigenvalue weighted by atomic mass is 32.1. The predicted octanol–water partition coefficient (Wildman–Crippen LogP) is 2.16. The summed E-state index contributed by atoms with van der Waals surface area (Å²) < 4.78 is 1.66. The van der Waals surface area contributed by atoms with Gasteiger partial charge in [0.2, 0.25) is 0 Å². The van der Waals surface area contributed by atoms with E-state index in [2.05, 4.69) is 20.5 Å². The number of benzene rings is 1. The van der Waals surface area contributed by atoms with Crippen LogP contribution in [0.2, 0.25) is 0 Å². The molecular weight excluding hydrogens is 312 g/mol. The third-order valence-electron chi connectivity index (χ3n) is 3.80. The Kier molecular flexibility index (Phi) is 3.38. The number of fused-ring (bicyclic) bond motifs is 1. The van der Waals surface area contributed by atoms with E-state index in [1.165, 1.54) is 0 Å². The molecule has 0 atom stereocenters. The first kappa shape index (κ1) is 14.0. The minimum absolute atomic E-state index is 0.0817. The lowest BCUT2D eigenvalue weighted by Gasteiger charge is -2.25. The number of thiazole rings is 1. The van der Waals surface area contributed by atoms with Crippen molar-refractivity contribution in [2.24, 2.45) is 0 Å². The molecule has 0 saturated carbocycles. The molecule has 1 aromatic carbocycles. The Morgan fingerprint density at radius 3 is 2.78 bits per heavy atom. The maximum absolute atomic E-state index is 12.7. The van der Waals surface area contributed by atoms with Crippen LogP contribution in [0.5, 0.6) is 0 Å². The first-order valence-corrected chi connectivity index (χ1v) is 8.21. The molecule has 1 aliphatic heterocycles. The van der Waals surface area contributed by atoms with E-state index < -0.39 is 0 Å². The average molecular weight is 326 g/mol. The minimum atomic E-state index is -0.0817. The lowest BCUT2D eigenvalue weighted by Crippen LogP contribution is -2.38. The smallest absolute Gasteiger partial charge is 0.260 e. The number of rotatable bonds is 2. The van der Waals surface area contributed by atoms with Crippen LogP contribution in [0.4, 0.5) is 5.95 Å². The summed E-state index contributed by atoms with van der Waals surface area (Å²) in [7, 11) is 0. The molecule has 0 bridgehead atoms. The van der Waals surface area contributed by atoms with Gasteiger partial charge in [0.15, 0.2) is 0 Å². The van der Waals surface area contributed by atoms with Crippen molar-refractivity contribution in [2.75, 3.05) is 11.4 Å². The van der Waals surface area contributed by atoms with Crippen molar-refractivity contribution in [1.82, 2.24) is 25.2 Å². The third kappa shape index (κ3) is 2.50. The number of amides is 1. The highest BCUT2D eigenvalue weighted by Crippen LogP contribution is 2.23. The molecule has 0 unspecified atom stereocenters. The monoisotopic (exact) mass is 326 g/mol. The third-order valence-corrected chi connectivity index (χ3v) is 4.57. The molecule has 8 heteroatoms. The molecule has 0 fully saturated rings. The summed E-state index contributed by atoms with van der Waals surface area (Å²) in [6, 6.07) is 7.51. The van der Waals surface area contributed by atoms with Gasteiger partial charge in [0.1, 0.15) is 0 Å². The van der Waals surface area contributed by atoms with E-state index in [1.54, 1.807) is 20.9 Å². The molecular formula is C15H14N6OS. The summed E-state index contributed by atoms with van der Waals surface area (Å²) in [5.41, 5.74) is 2.57. The Hall–Kier alpha value is -2.61. The van der Waals surface area contributed by atoms with Gasteiger partial charge in [-0.25, -0.2) is 9.67 Å². The SMILES string of the molecule is Cc1nc(-c2ccc(C(=O)N3CCCn4nnnc43)cc2)cs1. The number of tetrazole rings is 1. The van der Waals surface area contributed by atoms with Crippen molar-refractivity contribution in [3.05, 3.63) is 40.2 Å². The summed E-state index contributed by atoms with van der Waals surface area (Å²) in [5.74, 6) is 0.433. The van der Waals surface area contributed by atoms with Crippen LogP contribution in [0.15, 0.2) is 29.6 Å². The molecule has 3 aromatic rings. The van der Waals surface area contributed by atoms with Gasteiger partial charge < -0.3 is 0 Å². The van der Waals surface area contributed by atoms with Crippen LogP contribution in [0, 0.1) is 6.92 Å². The number of anilines is 1. The molecule has 23 heavy (non-hydrogen) atoms. The van der Waals surface area contributed by atoms with Gasteiger partial charge in [0, 0.05) is 29.6 Å². The molecule has 7 nitrogen and oxygen atoms in total. The van der Waals surface area contributed by atoms with Gasteiger partial charge in [0.05, 0.1) is 10.7 Å². The maximum Gasteiger partial charge on any atom is 0.260 e. The normalized spacial score (nSPS) is 13.9. The quantitative estimate of drug-likeness (QED) is 0.721. The van der Waals surface area contributed by atoms with E-state index in [-0.39, 0.29) is 5.91 Å². The average Bonchev–Trinajstić information content (AvgIpc) is 3.22. The number of carbonyl (C=O) groups excluding carboxylic acids is 1. The highest BCUT2D eigenvalue weighted by molar-refractivity contribution is 7.09. The predicted molar refractivity (Wildman–Crippen MR) is 86.4 cm³/mol. The van der Waals surface area contributed by atoms with Gasteiger partial charge in [0.25, 0.3) is 11.9 Å². The van der Waals surface area contributed by atoms with E-state index >= 15 is 0 Å². The standard InChI is InChI=1S/C15H14N6OS/c1-10-16-13(9-23-10)11-3-5-12(6-4-11)14(22)20-7-2-8-21-15(20)17-18-19-21/h3-6,9H,2,7-8H2,1H3. The number of hydrogen-bond acceptors (Lipinski definition) is 6. The second-order valence-electron chi connectivity index (χ2n) is 5.34.